The summed E-state index contributed by atoms with van der Waals surface area (Å²) in [5, 5.41) is 2.48. The lowest BCUT2D eigenvalue weighted by molar-refractivity contribution is -0.137. The largest absolute Gasteiger partial charge is 0.489 e. The van der Waals surface area contributed by atoms with Crippen molar-refractivity contribution in [2.45, 2.75) is 26.3 Å². The molecule has 2 N–H and O–H groups in total. The number of aromatic nitrogens is 1. The van der Waals surface area contributed by atoms with Crippen LogP contribution in [0.3, 0.4) is 0 Å². The van der Waals surface area contributed by atoms with Crippen LogP contribution in [0.1, 0.15) is 34.0 Å². The molecule has 0 fully saturated rings. The third kappa shape index (κ3) is 5.65. The fraction of sp³-hybridized carbons (Fsp3) is 0.200. The number of fused-ring (bicyclic) bond motifs is 1. The smallest absolute Gasteiger partial charge is 0.416 e. The van der Waals surface area contributed by atoms with Gasteiger partial charge in [0.1, 0.15) is 30.5 Å². The first-order chi connectivity index (χ1) is 16.8. The van der Waals surface area contributed by atoms with Gasteiger partial charge in [-0.15, -0.1) is 11.3 Å². The van der Waals surface area contributed by atoms with Crippen LogP contribution in [0.5, 0.6) is 11.5 Å². The van der Waals surface area contributed by atoms with Gasteiger partial charge in [0, 0.05) is 23.2 Å². The van der Waals surface area contributed by atoms with Crippen molar-refractivity contribution in [1.29, 1.82) is 0 Å². The number of alkyl halides is 3. The molecule has 0 spiro atoms. The Balaban J connectivity index is 1.45. The summed E-state index contributed by atoms with van der Waals surface area (Å²) in [5.41, 5.74) is 6.85. The van der Waals surface area contributed by atoms with E-state index in [-0.39, 0.29) is 25.6 Å². The summed E-state index contributed by atoms with van der Waals surface area (Å²) in [4.78, 5) is 16.4. The number of carbonyl (C=O) groups is 1. The maximum atomic E-state index is 12.9. The number of hydrogen-bond donors (Lipinski definition) is 1. The zero-order chi connectivity index (χ0) is 25.0. The summed E-state index contributed by atoms with van der Waals surface area (Å²) >= 11 is 1.35. The number of rotatable bonds is 8. The van der Waals surface area contributed by atoms with Crippen molar-refractivity contribution < 1.29 is 32.2 Å². The summed E-state index contributed by atoms with van der Waals surface area (Å²) in [7, 11) is 0. The van der Waals surface area contributed by atoms with Gasteiger partial charge in [-0.25, -0.2) is 9.78 Å². The summed E-state index contributed by atoms with van der Waals surface area (Å²) < 4.78 is 56.1. The highest BCUT2D eigenvalue weighted by molar-refractivity contribution is 7.17. The third-order valence-corrected chi connectivity index (χ3v) is 6.12. The monoisotopic (exact) mass is 502 g/mol. The van der Waals surface area contributed by atoms with Crippen LogP contribution in [0.2, 0.25) is 0 Å². The molecule has 182 valence electrons. The minimum absolute atomic E-state index is 0.0264. The molecule has 0 amide bonds. The minimum Gasteiger partial charge on any atom is -0.489 e. The van der Waals surface area contributed by atoms with Gasteiger partial charge in [-0.3, -0.25) is 0 Å². The molecular formula is C25H21F3N2O4S. The maximum Gasteiger partial charge on any atom is 0.416 e. The van der Waals surface area contributed by atoms with Crippen LogP contribution < -0.4 is 15.2 Å². The lowest BCUT2D eigenvalue weighted by Crippen LogP contribution is -2.07. The second-order valence-corrected chi connectivity index (χ2v) is 8.37. The van der Waals surface area contributed by atoms with Crippen molar-refractivity contribution in [3.63, 3.8) is 0 Å². The molecule has 4 rings (SSSR count). The van der Waals surface area contributed by atoms with Gasteiger partial charge in [-0.1, -0.05) is 18.2 Å². The van der Waals surface area contributed by atoms with Crippen molar-refractivity contribution in [3.8, 4) is 11.5 Å². The Bertz CT molecular complexity index is 1350. The molecule has 0 radical (unpaired) electrons. The van der Waals surface area contributed by atoms with E-state index in [0.29, 0.717) is 32.7 Å². The van der Waals surface area contributed by atoms with E-state index in [1.54, 1.807) is 37.3 Å². The van der Waals surface area contributed by atoms with Gasteiger partial charge in [0.2, 0.25) is 0 Å². The van der Waals surface area contributed by atoms with Gasteiger partial charge < -0.3 is 19.9 Å². The van der Waals surface area contributed by atoms with E-state index in [4.69, 9.17) is 19.9 Å². The molecule has 0 unspecified atom stereocenters. The molecular weight excluding hydrogens is 481 g/mol. The first-order valence-electron chi connectivity index (χ1n) is 10.6. The molecule has 10 heteroatoms. The number of ether oxygens (including phenoxy) is 3. The van der Waals surface area contributed by atoms with Gasteiger partial charge in [-0.05, 0) is 42.1 Å². The van der Waals surface area contributed by atoms with Crippen LogP contribution in [-0.2, 0) is 24.1 Å². The van der Waals surface area contributed by atoms with Crippen molar-refractivity contribution in [3.05, 3.63) is 82.4 Å². The SMILES string of the molecule is CCOC(=O)c1cnc(N)c2c(COc3cccc(OCc4cccc(C(F)(F)F)c4)c3)csc12. The van der Waals surface area contributed by atoms with Gasteiger partial charge in [0.15, 0.2) is 0 Å². The molecule has 6 nitrogen and oxygen atoms in total. The number of esters is 1. The number of anilines is 1. The van der Waals surface area contributed by atoms with E-state index in [1.807, 2.05) is 5.38 Å². The van der Waals surface area contributed by atoms with E-state index in [1.165, 1.54) is 23.6 Å². The topological polar surface area (TPSA) is 83.7 Å². The van der Waals surface area contributed by atoms with Crippen LogP contribution in [0.4, 0.5) is 19.0 Å². The average Bonchev–Trinajstić information content (AvgIpc) is 3.27. The summed E-state index contributed by atoms with van der Waals surface area (Å²) in [5.74, 6) is 0.760. The number of pyridine rings is 1. The number of thiophene rings is 1. The Kier molecular flexibility index (Phi) is 7.11. The molecule has 0 saturated heterocycles. The lowest BCUT2D eigenvalue weighted by atomic mass is 10.1. The molecule has 2 heterocycles. The third-order valence-electron chi connectivity index (χ3n) is 5.06. The molecule has 2 aromatic carbocycles. The molecule has 2 aromatic heterocycles. The quantitative estimate of drug-likeness (QED) is 0.288. The van der Waals surface area contributed by atoms with Crippen LogP contribution in [-0.4, -0.2) is 17.6 Å². The van der Waals surface area contributed by atoms with Gasteiger partial charge in [0.05, 0.1) is 22.4 Å². The van der Waals surface area contributed by atoms with E-state index in [9.17, 15) is 18.0 Å². The maximum absolute atomic E-state index is 12.9. The molecule has 4 aromatic rings. The second kappa shape index (κ2) is 10.2. The van der Waals surface area contributed by atoms with Crippen molar-refractivity contribution in [2.24, 2.45) is 0 Å². The Hall–Kier alpha value is -3.79. The molecule has 35 heavy (non-hydrogen) atoms. The Morgan fingerprint density at radius 2 is 1.77 bits per heavy atom. The number of hydrogen-bond acceptors (Lipinski definition) is 7. The minimum atomic E-state index is -4.41. The number of carbonyl (C=O) groups excluding carboxylic acids is 1. The number of nitrogen functional groups attached to an aromatic ring is 1. The molecule has 0 bridgehead atoms. The molecule has 0 aliphatic rings. The van der Waals surface area contributed by atoms with Crippen LogP contribution in [0.25, 0.3) is 10.1 Å². The van der Waals surface area contributed by atoms with E-state index in [2.05, 4.69) is 4.98 Å². The molecule has 0 aliphatic heterocycles. The first-order valence-corrected chi connectivity index (χ1v) is 11.5. The van der Waals surface area contributed by atoms with Crippen molar-refractivity contribution in [2.75, 3.05) is 12.3 Å². The fourth-order valence-corrected chi connectivity index (χ4v) is 4.47. The highest BCUT2D eigenvalue weighted by Gasteiger charge is 2.30. The van der Waals surface area contributed by atoms with E-state index in [0.717, 1.165) is 17.7 Å². The summed E-state index contributed by atoms with van der Waals surface area (Å²) in [6, 6.07) is 11.8. The normalized spacial score (nSPS) is 11.4. The van der Waals surface area contributed by atoms with Gasteiger partial charge in [-0.2, -0.15) is 13.2 Å². The zero-order valence-electron chi connectivity index (χ0n) is 18.6. The molecule has 0 saturated carbocycles. The Morgan fingerprint density at radius 1 is 1.06 bits per heavy atom. The number of halogens is 3. The lowest BCUT2D eigenvalue weighted by Gasteiger charge is -2.11. The molecule has 0 aliphatic carbocycles. The van der Waals surface area contributed by atoms with Gasteiger partial charge >= 0.3 is 12.1 Å². The predicted octanol–water partition coefficient (Wildman–Crippen LogP) is 6.23. The number of benzene rings is 2. The van der Waals surface area contributed by atoms with Crippen LogP contribution in [0.15, 0.2) is 60.1 Å². The standard InChI is InChI=1S/C25H21F3N2O4S/c1-2-32-24(31)20-11-30-23(29)21-16(14-35-22(20)21)13-34-19-8-4-7-18(10-19)33-12-15-5-3-6-17(9-15)25(26,27)28/h3-11,14H,2,12-13H2,1H3,(H2,29,30). The Labute approximate surface area is 203 Å². The number of nitrogens with zero attached hydrogens (tertiary/aromatic N) is 1. The average molecular weight is 503 g/mol. The molecule has 0 atom stereocenters. The predicted molar refractivity (Wildman–Crippen MR) is 127 cm³/mol. The number of nitrogens with two attached hydrogens (primary N) is 1. The van der Waals surface area contributed by atoms with Crippen molar-refractivity contribution >= 4 is 33.2 Å². The summed E-state index contributed by atoms with van der Waals surface area (Å²) in [6.45, 7) is 2.11. The summed E-state index contributed by atoms with van der Waals surface area (Å²) in [6.07, 6.45) is -3.01. The Morgan fingerprint density at radius 3 is 2.49 bits per heavy atom. The first kappa shape index (κ1) is 24.3. The van der Waals surface area contributed by atoms with E-state index < -0.39 is 17.7 Å². The second-order valence-electron chi connectivity index (χ2n) is 7.49. The zero-order valence-corrected chi connectivity index (χ0v) is 19.4. The van der Waals surface area contributed by atoms with Crippen LogP contribution in [0, 0.1) is 0 Å². The van der Waals surface area contributed by atoms with Gasteiger partial charge in [0.25, 0.3) is 0 Å². The fourth-order valence-electron chi connectivity index (χ4n) is 3.41. The van der Waals surface area contributed by atoms with Crippen LogP contribution >= 0.6 is 11.3 Å². The van der Waals surface area contributed by atoms with E-state index >= 15 is 0 Å². The highest BCUT2D eigenvalue weighted by atomic mass is 32.1. The van der Waals surface area contributed by atoms with Crippen molar-refractivity contribution in [1.82, 2.24) is 4.98 Å². The highest BCUT2D eigenvalue weighted by Crippen LogP contribution is 2.34.